The molecule has 2 aliphatic heterocycles. The number of carbonyl (C=O) groups excluding carboxylic acids is 1. The molecule has 3 fully saturated rings. The second-order valence-electron chi connectivity index (χ2n) is 10.9. The van der Waals surface area contributed by atoms with Gasteiger partial charge in [0.25, 0.3) is 0 Å². The Morgan fingerprint density at radius 3 is 2.12 bits per heavy atom. The van der Waals surface area contributed by atoms with Crippen LogP contribution in [-0.4, -0.2) is 165 Å². The minimum Gasteiger partial charge on any atom is -0.394 e. The van der Waals surface area contributed by atoms with Crippen LogP contribution in [0.5, 0.6) is 0 Å². The second-order valence-corrected chi connectivity index (χ2v) is 10.9. The Morgan fingerprint density at radius 2 is 1.53 bits per heavy atom. The standard InChI is InChI=1S/C23H46N8O12/c24-2-1-8(33)20(39)30-7-3-6(26)18(42-21-12(31-23(28)29)16(37)14(35)9(4-25)40-21)17(38)19(7)43-22-15(36)11(27)13(34)10(5-32)41-22/h6-19,21-22,32-38H,1-5,24-27H2,(H,30,39)(H4,28,29,31). The fourth-order valence-corrected chi connectivity index (χ4v) is 5.38. The van der Waals surface area contributed by atoms with Crippen LogP contribution in [0, 0.1) is 0 Å². The molecule has 1 saturated carbocycles. The lowest BCUT2D eigenvalue weighted by atomic mass is 9.83. The summed E-state index contributed by atoms with van der Waals surface area (Å²) in [5.74, 6) is -1.31. The normalized spacial score (nSPS) is 44.4. The van der Waals surface area contributed by atoms with Crippen molar-refractivity contribution in [2.24, 2.45) is 39.4 Å². The first kappa shape index (κ1) is 35.6. The third kappa shape index (κ3) is 8.06. The van der Waals surface area contributed by atoms with Gasteiger partial charge in [0, 0.05) is 12.6 Å². The molecule has 0 radical (unpaired) electrons. The number of ether oxygens (including phenoxy) is 4. The zero-order valence-electron chi connectivity index (χ0n) is 23.4. The van der Waals surface area contributed by atoms with Crippen molar-refractivity contribution in [2.75, 3.05) is 19.7 Å². The van der Waals surface area contributed by atoms with Crippen LogP contribution in [-0.2, 0) is 23.7 Å². The number of hydrogen-bond acceptors (Lipinski definition) is 17. The van der Waals surface area contributed by atoms with Gasteiger partial charge in [0.05, 0.1) is 18.7 Å². The maximum absolute atomic E-state index is 12.7. The average Bonchev–Trinajstić information content (AvgIpc) is 2.96. The number of aliphatic imine (C=N–C) groups is 1. The first-order chi connectivity index (χ1) is 20.2. The molecule has 1 amide bonds. The molecule has 3 rings (SSSR count). The predicted molar refractivity (Wildman–Crippen MR) is 145 cm³/mol. The molecule has 0 aromatic carbocycles. The lowest BCUT2D eigenvalue weighted by molar-refractivity contribution is -0.319. The van der Waals surface area contributed by atoms with Crippen molar-refractivity contribution in [3.8, 4) is 0 Å². The largest absolute Gasteiger partial charge is 0.394 e. The molecular weight excluding hydrogens is 580 g/mol. The molecule has 20 heteroatoms. The minimum atomic E-state index is -1.73. The van der Waals surface area contributed by atoms with E-state index < -0.39 is 116 Å². The van der Waals surface area contributed by atoms with Crippen molar-refractivity contribution in [2.45, 2.75) is 111 Å². The number of aliphatic hydroxyl groups is 7. The molecular formula is C23H46N8O12. The summed E-state index contributed by atoms with van der Waals surface area (Å²) in [4.78, 5) is 16.6. The van der Waals surface area contributed by atoms with Crippen molar-refractivity contribution in [1.82, 2.24) is 5.32 Å². The average molecular weight is 627 g/mol. The van der Waals surface area contributed by atoms with E-state index in [1.807, 2.05) is 0 Å². The van der Waals surface area contributed by atoms with Crippen LogP contribution in [0.25, 0.3) is 0 Å². The summed E-state index contributed by atoms with van der Waals surface area (Å²) >= 11 is 0. The van der Waals surface area contributed by atoms with Crippen LogP contribution < -0.4 is 39.7 Å². The van der Waals surface area contributed by atoms with Gasteiger partial charge in [0.1, 0.15) is 67.1 Å². The summed E-state index contributed by atoms with van der Waals surface area (Å²) in [5.41, 5.74) is 34.3. The van der Waals surface area contributed by atoms with Gasteiger partial charge in [-0.2, -0.15) is 0 Å². The van der Waals surface area contributed by atoms with Crippen LogP contribution >= 0.6 is 0 Å². The van der Waals surface area contributed by atoms with Crippen molar-refractivity contribution < 1.29 is 59.5 Å². The maximum Gasteiger partial charge on any atom is 0.249 e. The van der Waals surface area contributed by atoms with Crippen LogP contribution in [0.1, 0.15) is 12.8 Å². The Morgan fingerprint density at radius 1 is 0.907 bits per heavy atom. The number of nitrogens with two attached hydrogens (primary N) is 6. The second kappa shape index (κ2) is 15.4. The highest BCUT2D eigenvalue weighted by atomic mass is 16.7. The van der Waals surface area contributed by atoms with E-state index >= 15 is 0 Å². The van der Waals surface area contributed by atoms with Crippen LogP contribution in [0.3, 0.4) is 0 Å². The number of nitrogens with zero attached hydrogens (tertiary/aromatic N) is 1. The van der Waals surface area contributed by atoms with E-state index in [9.17, 15) is 40.5 Å². The summed E-state index contributed by atoms with van der Waals surface area (Å²) in [6.07, 6.45) is -17.9. The van der Waals surface area contributed by atoms with Gasteiger partial charge in [-0.05, 0) is 19.4 Å². The summed E-state index contributed by atoms with van der Waals surface area (Å²) in [6.45, 7) is -0.908. The molecule has 2 heterocycles. The fraction of sp³-hybridized carbons (Fsp3) is 0.913. The molecule has 0 aromatic heterocycles. The highest BCUT2D eigenvalue weighted by Gasteiger charge is 2.53. The maximum atomic E-state index is 12.7. The zero-order valence-corrected chi connectivity index (χ0v) is 23.4. The number of rotatable bonds is 11. The number of hydrogen-bond donors (Lipinski definition) is 14. The summed E-state index contributed by atoms with van der Waals surface area (Å²) in [7, 11) is 0. The number of nitrogens with one attached hydrogen (secondary N) is 1. The fourth-order valence-electron chi connectivity index (χ4n) is 5.38. The first-order valence-corrected chi connectivity index (χ1v) is 13.9. The van der Waals surface area contributed by atoms with E-state index in [0.29, 0.717) is 0 Å². The van der Waals surface area contributed by atoms with Gasteiger partial charge in [-0.1, -0.05) is 0 Å². The molecule has 20 nitrogen and oxygen atoms in total. The van der Waals surface area contributed by atoms with Crippen molar-refractivity contribution in [1.29, 1.82) is 0 Å². The smallest absolute Gasteiger partial charge is 0.249 e. The van der Waals surface area contributed by atoms with E-state index in [0.717, 1.165) is 0 Å². The minimum absolute atomic E-state index is 0.00476. The Bertz CT molecular complexity index is 935. The molecule has 20 N–H and O–H groups in total. The molecule has 16 unspecified atom stereocenters. The molecule has 2 saturated heterocycles. The molecule has 0 bridgehead atoms. The van der Waals surface area contributed by atoms with Crippen molar-refractivity contribution in [3.05, 3.63) is 0 Å². The van der Waals surface area contributed by atoms with E-state index in [4.69, 9.17) is 53.3 Å². The number of amides is 1. The Hall–Kier alpha value is -1.86. The SMILES string of the molecule is NCCC(O)C(=O)NC1CC(N)C(OC2OC(CN)C(O)C(O)C2N=C(N)N)C(O)C1OC1OC(CO)C(O)C(N)C1O. The quantitative estimate of drug-likeness (QED) is 0.0747. The van der Waals surface area contributed by atoms with E-state index in [-0.39, 0.29) is 25.9 Å². The highest BCUT2D eigenvalue weighted by molar-refractivity contribution is 5.80. The van der Waals surface area contributed by atoms with Gasteiger partial charge in [0.2, 0.25) is 5.91 Å². The number of guanidine groups is 1. The predicted octanol–water partition coefficient (Wildman–Crippen LogP) is -9.14. The topological polar surface area (TPSA) is 376 Å². The van der Waals surface area contributed by atoms with Gasteiger partial charge in [-0.3, -0.25) is 4.79 Å². The molecule has 3 aliphatic rings. The van der Waals surface area contributed by atoms with E-state index in [2.05, 4.69) is 10.3 Å². The number of carbonyl (C=O) groups is 1. The molecule has 0 spiro atoms. The van der Waals surface area contributed by atoms with E-state index in [1.165, 1.54) is 0 Å². The van der Waals surface area contributed by atoms with Gasteiger partial charge in [-0.25, -0.2) is 4.99 Å². The molecule has 1 aliphatic carbocycles. The van der Waals surface area contributed by atoms with Crippen LogP contribution in [0.4, 0.5) is 0 Å². The van der Waals surface area contributed by atoms with Gasteiger partial charge < -0.3 is 94.4 Å². The van der Waals surface area contributed by atoms with Gasteiger partial charge >= 0.3 is 0 Å². The molecule has 0 aromatic rings. The monoisotopic (exact) mass is 626 g/mol. The number of aliphatic hydroxyl groups excluding tert-OH is 7. The summed E-state index contributed by atoms with van der Waals surface area (Å²) < 4.78 is 23.1. The van der Waals surface area contributed by atoms with Gasteiger partial charge in [0.15, 0.2) is 18.5 Å². The molecule has 250 valence electrons. The van der Waals surface area contributed by atoms with Crippen LogP contribution in [0.2, 0.25) is 0 Å². The lowest BCUT2D eigenvalue weighted by Crippen LogP contribution is -2.69. The lowest BCUT2D eigenvalue weighted by Gasteiger charge is -2.49. The van der Waals surface area contributed by atoms with Gasteiger partial charge in [-0.15, -0.1) is 0 Å². The summed E-state index contributed by atoms with van der Waals surface area (Å²) in [6, 6.07) is -4.86. The zero-order chi connectivity index (χ0) is 32.2. The highest BCUT2D eigenvalue weighted by Crippen LogP contribution is 2.32. The Balaban J connectivity index is 1.91. The third-order valence-electron chi connectivity index (χ3n) is 7.81. The van der Waals surface area contributed by atoms with Crippen molar-refractivity contribution in [3.63, 3.8) is 0 Å². The third-order valence-corrected chi connectivity index (χ3v) is 7.81. The molecule has 43 heavy (non-hydrogen) atoms. The van der Waals surface area contributed by atoms with Crippen LogP contribution in [0.15, 0.2) is 4.99 Å². The Kier molecular flexibility index (Phi) is 12.8. The van der Waals surface area contributed by atoms with E-state index in [1.54, 1.807) is 0 Å². The van der Waals surface area contributed by atoms with Crippen molar-refractivity contribution >= 4 is 11.9 Å². The summed E-state index contributed by atoms with van der Waals surface area (Å²) in [5, 5.41) is 75.7. The molecule has 16 atom stereocenters. The Labute approximate surface area is 246 Å². The first-order valence-electron chi connectivity index (χ1n) is 13.9.